The van der Waals surface area contributed by atoms with Crippen molar-refractivity contribution in [1.82, 2.24) is 4.72 Å². The van der Waals surface area contributed by atoms with Gasteiger partial charge in [-0.15, -0.1) is 0 Å². The predicted octanol–water partition coefficient (Wildman–Crippen LogP) is 1.60. The van der Waals surface area contributed by atoms with Crippen molar-refractivity contribution in [3.63, 3.8) is 0 Å². The highest BCUT2D eigenvalue weighted by molar-refractivity contribution is 7.89. The summed E-state index contributed by atoms with van der Waals surface area (Å²) in [4.78, 5) is 0.336. The van der Waals surface area contributed by atoms with E-state index in [4.69, 9.17) is 0 Å². The zero-order valence-corrected chi connectivity index (χ0v) is 9.48. The van der Waals surface area contributed by atoms with Crippen LogP contribution in [0.1, 0.15) is 18.1 Å². The summed E-state index contributed by atoms with van der Waals surface area (Å²) in [6, 6.07) is 5.13. The van der Waals surface area contributed by atoms with Gasteiger partial charge in [0.1, 0.15) is 0 Å². The van der Waals surface area contributed by atoms with E-state index in [1.165, 1.54) is 0 Å². The van der Waals surface area contributed by atoms with E-state index in [0.717, 1.165) is 11.1 Å². The third-order valence-electron chi connectivity index (χ3n) is 2.12. The second-order valence-corrected chi connectivity index (χ2v) is 5.01. The number of benzene rings is 1. The first kappa shape index (κ1) is 11.2. The quantitative estimate of drug-likeness (QED) is 0.829. The molecular formula is C10H15NO2S. The van der Waals surface area contributed by atoms with Crippen molar-refractivity contribution in [2.45, 2.75) is 25.7 Å². The molecule has 0 fully saturated rings. The van der Waals surface area contributed by atoms with Crippen LogP contribution in [0.25, 0.3) is 0 Å². The van der Waals surface area contributed by atoms with Crippen molar-refractivity contribution in [2.75, 3.05) is 6.54 Å². The summed E-state index contributed by atoms with van der Waals surface area (Å²) in [5.74, 6) is 0. The molecule has 1 aromatic carbocycles. The predicted molar refractivity (Wildman–Crippen MR) is 56.8 cm³/mol. The fourth-order valence-corrected chi connectivity index (χ4v) is 2.28. The van der Waals surface area contributed by atoms with Crippen LogP contribution in [-0.4, -0.2) is 15.0 Å². The lowest BCUT2D eigenvalue weighted by Gasteiger charge is -2.06. The topological polar surface area (TPSA) is 46.2 Å². The maximum absolute atomic E-state index is 11.6. The molecule has 0 aromatic heterocycles. The average molecular weight is 213 g/mol. The third-order valence-corrected chi connectivity index (χ3v) is 3.67. The molecular weight excluding hydrogens is 198 g/mol. The van der Waals surface area contributed by atoms with Crippen LogP contribution < -0.4 is 4.72 Å². The minimum Gasteiger partial charge on any atom is -0.211 e. The van der Waals surface area contributed by atoms with E-state index in [-0.39, 0.29) is 0 Å². The highest BCUT2D eigenvalue weighted by Gasteiger charge is 2.12. The van der Waals surface area contributed by atoms with Gasteiger partial charge < -0.3 is 0 Å². The largest absolute Gasteiger partial charge is 0.240 e. The zero-order chi connectivity index (χ0) is 10.8. The van der Waals surface area contributed by atoms with Crippen LogP contribution in [-0.2, 0) is 10.0 Å². The van der Waals surface area contributed by atoms with E-state index >= 15 is 0 Å². The second kappa shape index (κ2) is 4.11. The lowest BCUT2D eigenvalue weighted by atomic mass is 10.1. The second-order valence-electron chi connectivity index (χ2n) is 3.25. The third kappa shape index (κ3) is 2.33. The van der Waals surface area contributed by atoms with Crippen LogP contribution in [0.5, 0.6) is 0 Å². The first-order valence-electron chi connectivity index (χ1n) is 4.54. The first-order chi connectivity index (χ1) is 6.47. The van der Waals surface area contributed by atoms with Crippen molar-refractivity contribution >= 4 is 10.0 Å². The molecule has 0 saturated heterocycles. The Labute approximate surface area is 85.2 Å². The number of hydrogen-bond acceptors (Lipinski definition) is 2. The summed E-state index contributed by atoms with van der Waals surface area (Å²) in [6.45, 7) is 6.03. The van der Waals surface area contributed by atoms with Crippen molar-refractivity contribution in [2.24, 2.45) is 0 Å². The van der Waals surface area contributed by atoms with Crippen LogP contribution in [0.2, 0.25) is 0 Å². The van der Waals surface area contributed by atoms with Gasteiger partial charge in [-0.05, 0) is 37.1 Å². The molecule has 0 aliphatic rings. The van der Waals surface area contributed by atoms with E-state index in [9.17, 15) is 8.42 Å². The van der Waals surface area contributed by atoms with Gasteiger partial charge in [0, 0.05) is 6.54 Å². The standard InChI is InChI=1S/C10H15NO2S/c1-4-11-14(12,13)10-6-5-8(2)9(3)7-10/h5-7,11H,4H2,1-3H3. The lowest BCUT2D eigenvalue weighted by molar-refractivity contribution is 0.584. The summed E-state index contributed by atoms with van der Waals surface area (Å²) >= 11 is 0. The molecule has 0 radical (unpaired) electrons. The van der Waals surface area contributed by atoms with E-state index < -0.39 is 10.0 Å². The number of hydrogen-bond donors (Lipinski definition) is 1. The Hall–Kier alpha value is -0.870. The van der Waals surface area contributed by atoms with Gasteiger partial charge in [-0.25, -0.2) is 13.1 Å². The Morgan fingerprint density at radius 1 is 1.21 bits per heavy atom. The van der Waals surface area contributed by atoms with E-state index in [0.29, 0.717) is 11.4 Å². The molecule has 0 spiro atoms. The van der Waals surface area contributed by atoms with Crippen LogP contribution in [0.3, 0.4) is 0 Å². The molecule has 0 aliphatic carbocycles. The van der Waals surface area contributed by atoms with Gasteiger partial charge in [0.15, 0.2) is 0 Å². The Kier molecular flexibility index (Phi) is 3.29. The highest BCUT2D eigenvalue weighted by Crippen LogP contribution is 2.14. The Morgan fingerprint density at radius 3 is 2.36 bits per heavy atom. The van der Waals surface area contributed by atoms with E-state index in [1.54, 1.807) is 19.1 Å². The van der Waals surface area contributed by atoms with Gasteiger partial charge in [-0.1, -0.05) is 13.0 Å². The summed E-state index contributed by atoms with van der Waals surface area (Å²) in [5.41, 5.74) is 2.09. The molecule has 0 atom stereocenters. The van der Waals surface area contributed by atoms with Crippen molar-refractivity contribution in [3.8, 4) is 0 Å². The fraction of sp³-hybridized carbons (Fsp3) is 0.400. The fourth-order valence-electron chi connectivity index (χ4n) is 1.15. The van der Waals surface area contributed by atoms with Crippen LogP contribution in [0.15, 0.2) is 23.1 Å². The summed E-state index contributed by atoms with van der Waals surface area (Å²) in [5, 5.41) is 0. The normalized spacial score (nSPS) is 11.6. The van der Waals surface area contributed by atoms with Gasteiger partial charge in [0.2, 0.25) is 10.0 Å². The minimum atomic E-state index is -3.30. The molecule has 4 heteroatoms. The molecule has 1 rings (SSSR count). The van der Waals surface area contributed by atoms with Crippen molar-refractivity contribution < 1.29 is 8.42 Å². The molecule has 1 aromatic rings. The van der Waals surface area contributed by atoms with Crippen LogP contribution in [0.4, 0.5) is 0 Å². The van der Waals surface area contributed by atoms with E-state index in [1.807, 2.05) is 19.9 Å². The molecule has 3 nitrogen and oxygen atoms in total. The van der Waals surface area contributed by atoms with Gasteiger partial charge in [0.05, 0.1) is 4.90 Å². The molecule has 14 heavy (non-hydrogen) atoms. The number of nitrogens with one attached hydrogen (secondary N) is 1. The van der Waals surface area contributed by atoms with Crippen LogP contribution >= 0.6 is 0 Å². The molecule has 0 saturated carbocycles. The Balaban J connectivity index is 3.15. The molecule has 0 bridgehead atoms. The van der Waals surface area contributed by atoms with Gasteiger partial charge >= 0.3 is 0 Å². The molecule has 0 heterocycles. The van der Waals surface area contributed by atoms with Crippen LogP contribution in [0, 0.1) is 13.8 Å². The van der Waals surface area contributed by atoms with Gasteiger partial charge in [-0.3, -0.25) is 0 Å². The van der Waals surface area contributed by atoms with Gasteiger partial charge in [-0.2, -0.15) is 0 Å². The Bertz CT molecular complexity index is 424. The highest BCUT2D eigenvalue weighted by atomic mass is 32.2. The van der Waals surface area contributed by atoms with E-state index in [2.05, 4.69) is 4.72 Å². The Morgan fingerprint density at radius 2 is 1.86 bits per heavy atom. The number of sulfonamides is 1. The molecule has 0 aliphatic heterocycles. The number of rotatable bonds is 3. The maximum Gasteiger partial charge on any atom is 0.240 e. The summed E-state index contributed by atoms with van der Waals surface area (Å²) in [6.07, 6.45) is 0. The number of aryl methyl sites for hydroxylation is 2. The summed E-state index contributed by atoms with van der Waals surface area (Å²) in [7, 11) is -3.30. The summed E-state index contributed by atoms with van der Waals surface area (Å²) < 4.78 is 25.6. The average Bonchev–Trinajstić information content (AvgIpc) is 2.09. The maximum atomic E-state index is 11.6. The smallest absolute Gasteiger partial charge is 0.211 e. The molecule has 78 valence electrons. The first-order valence-corrected chi connectivity index (χ1v) is 6.02. The van der Waals surface area contributed by atoms with Crippen molar-refractivity contribution in [3.05, 3.63) is 29.3 Å². The van der Waals surface area contributed by atoms with Crippen molar-refractivity contribution in [1.29, 1.82) is 0 Å². The minimum absolute atomic E-state index is 0.336. The monoisotopic (exact) mass is 213 g/mol. The zero-order valence-electron chi connectivity index (χ0n) is 8.66. The molecule has 1 N–H and O–H groups in total. The lowest BCUT2D eigenvalue weighted by Crippen LogP contribution is -2.23. The molecule has 0 unspecified atom stereocenters. The van der Waals surface area contributed by atoms with Gasteiger partial charge in [0.25, 0.3) is 0 Å². The molecule has 0 amide bonds. The SMILES string of the molecule is CCNS(=O)(=O)c1ccc(C)c(C)c1.